The van der Waals surface area contributed by atoms with E-state index < -0.39 is 11.9 Å². The number of carboxylic acid groups (broad SMARTS) is 1. The molecule has 88 valence electrons. The van der Waals surface area contributed by atoms with Gasteiger partial charge in [-0.1, -0.05) is 19.1 Å². The fourth-order valence-electron chi connectivity index (χ4n) is 1.82. The minimum Gasteiger partial charge on any atom is -0.477 e. The Kier molecular flexibility index (Phi) is 4.76. The summed E-state index contributed by atoms with van der Waals surface area (Å²) in [6.45, 7) is 3.45. The third-order valence-electron chi connectivity index (χ3n) is 2.56. The molecule has 1 N–H and O–H groups in total. The molecule has 1 aliphatic carbocycles. The minimum absolute atomic E-state index is 0.0445. The molecule has 4 nitrogen and oxygen atoms in total. The van der Waals surface area contributed by atoms with Crippen LogP contribution in [-0.4, -0.2) is 23.7 Å². The summed E-state index contributed by atoms with van der Waals surface area (Å²) in [5.74, 6) is -1.93. The fourth-order valence-corrected chi connectivity index (χ4v) is 1.82. The van der Waals surface area contributed by atoms with Crippen molar-refractivity contribution in [3.05, 3.63) is 23.8 Å². The molecule has 1 fully saturated rings. The lowest BCUT2D eigenvalue weighted by atomic mass is 9.91. The summed E-state index contributed by atoms with van der Waals surface area (Å²) in [7, 11) is 0. The first-order valence-electron chi connectivity index (χ1n) is 5.40. The Morgan fingerprint density at radius 3 is 2.44 bits per heavy atom. The maximum Gasteiger partial charge on any atom is 0.345 e. The molecule has 0 aromatic heterocycles. The number of hydrogen-bond acceptors (Lipinski definition) is 3. The molecule has 4 heteroatoms. The second-order valence-electron chi connectivity index (χ2n) is 3.73. The van der Waals surface area contributed by atoms with E-state index in [1.165, 1.54) is 6.08 Å². The maximum atomic E-state index is 11.5. The number of aliphatic carboxylic acids is 1. The molecule has 0 saturated heterocycles. The standard InChI is InChI=1S/C12H16O4/c1-2-8-16-12(15)10(11(13)14)9-6-4-3-5-7-9/h2H,1,3-8H2,(H,13,14). The van der Waals surface area contributed by atoms with Crippen LogP contribution in [0.3, 0.4) is 0 Å². The second kappa shape index (κ2) is 6.10. The molecule has 1 aliphatic rings. The van der Waals surface area contributed by atoms with E-state index in [1.54, 1.807) is 0 Å². The lowest BCUT2D eigenvalue weighted by Gasteiger charge is -2.16. The van der Waals surface area contributed by atoms with Gasteiger partial charge in [0.2, 0.25) is 0 Å². The zero-order valence-electron chi connectivity index (χ0n) is 9.20. The van der Waals surface area contributed by atoms with Crippen molar-refractivity contribution < 1.29 is 19.4 Å². The van der Waals surface area contributed by atoms with Gasteiger partial charge < -0.3 is 9.84 Å². The summed E-state index contributed by atoms with van der Waals surface area (Å²) < 4.78 is 4.77. The van der Waals surface area contributed by atoms with Gasteiger partial charge in [0.1, 0.15) is 12.2 Å². The van der Waals surface area contributed by atoms with Gasteiger partial charge in [0, 0.05) is 0 Å². The molecule has 16 heavy (non-hydrogen) atoms. The first-order chi connectivity index (χ1) is 7.66. The van der Waals surface area contributed by atoms with Crippen LogP contribution in [0.25, 0.3) is 0 Å². The Balaban J connectivity index is 2.84. The smallest absolute Gasteiger partial charge is 0.345 e. The van der Waals surface area contributed by atoms with Gasteiger partial charge in [-0.15, -0.1) is 0 Å². The number of rotatable bonds is 4. The molecule has 0 spiro atoms. The van der Waals surface area contributed by atoms with Crippen LogP contribution in [0, 0.1) is 0 Å². The molecule has 1 saturated carbocycles. The van der Waals surface area contributed by atoms with Gasteiger partial charge in [0.25, 0.3) is 0 Å². The van der Waals surface area contributed by atoms with Crippen LogP contribution in [0.5, 0.6) is 0 Å². The van der Waals surface area contributed by atoms with E-state index >= 15 is 0 Å². The molecule has 0 amide bonds. The van der Waals surface area contributed by atoms with Crippen LogP contribution in [0.2, 0.25) is 0 Å². The highest BCUT2D eigenvalue weighted by Crippen LogP contribution is 2.26. The Hall–Kier alpha value is -1.58. The summed E-state index contributed by atoms with van der Waals surface area (Å²) in [6.07, 6.45) is 5.78. The number of hydrogen-bond donors (Lipinski definition) is 1. The first kappa shape index (κ1) is 12.5. The zero-order valence-corrected chi connectivity index (χ0v) is 9.20. The third kappa shape index (κ3) is 3.22. The van der Waals surface area contributed by atoms with Crippen LogP contribution in [0.4, 0.5) is 0 Å². The molecular formula is C12H16O4. The quantitative estimate of drug-likeness (QED) is 0.261. The highest BCUT2D eigenvalue weighted by atomic mass is 16.5. The van der Waals surface area contributed by atoms with Gasteiger partial charge >= 0.3 is 11.9 Å². The SMILES string of the molecule is C=CCOC(=O)C(C(=O)O)=C1CCCCC1. The van der Waals surface area contributed by atoms with Crippen molar-refractivity contribution in [1.82, 2.24) is 0 Å². The number of carboxylic acids is 1. The Morgan fingerprint density at radius 2 is 1.94 bits per heavy atom. The molecule has 1 rings (SSSR count). The van der Waals surface area contributed by atoms with Gasteiger partial charge in [-0.3, -0.25) is 0 Å². The highest BCUT2D eigenvalue weighted by molar-refractivity contribution is 6.14. The van der Waals surface area contributed by atoms with Crippen LogP contribution in [0.15, 0.2) is 23.8 Å². The predicted molar refractivity (Wildman–Crippen MR) is 58.9 cm³/mol. The average molecular weight is 224 g/mol. The van der Waals surface area contributed by atoms with E-state index in [0.29, 0.717) is 18.4 Å². The number of carbonyl (C=O) groups excluding carboxylic acids is 1. The lowest BCUT2D eigenvalue weighted by molar-refractivity contribution is -0.143. The largest absolute Gasteiger partial charge is 0.477 e. The van der Waals surface area contributed by atoms with E-state index in [-0.39, 0.29) is 12.2 Å². The summed E-state index contributed by atoms with van der Waals surface area (Å²) in [4.78, 5) is 22.6. The Morgan fingerprint density at radius 1 is 1.31 bits per heavy atom. The van der Waals surface area contributed by atoms with Gasteiger partial charge in [0.05, 0.1) is 0 Å². The van der Waals surface area contributed by atoms with E-state index in [4.69, 9.17) is 9.84 Å². The van der Waals surface area contributed by atoms with Crippen molar-refractivity contribution in [2.45, 2.75) is 32.1 Å². The van der Waals surface area contributed by atoms with Crippen molar-refractivity contribution in [3.63, 3.8) is 0 Å². The van der Waals surface area contributed by atoms with Crippen molar-refractivity contribution in [2.24, 2.45) is 0 Å². The van der Waals surface area contributed by atoms with Crippen LogP contribution in [0.1, 0.15) is 32.1 Å². The van der Waals surface area contributed by atoms with Crippen molar-refractivity contribution in [1.29, 1.82) is 0 Å². The Bertz CT molecular complexity index is 320. The molecule has 0 aromatic carbocycles. The summed E-state index contributed by atoms with van der Waals surface area (Å²) >= 11 is 0. The van der Waals surface area contributed by atoms with Gasteiger partial charge in [-0.05, 0) is 31.3 Å². The van der Waals surface area contributed by atoms with Gasteiger partial charge in [-0.25, -0.2) is 9.59 Å². The van der Waals surface area contributed by atoms with Gasteiger partial charge in [0.15, 0.2) is 0 Å². The summed E-state index contributed by atoms with van der Waals surface area (Å²) in [6, 6.07) is 0. The molecule has 0 radical (unpaired) electrons. The summed E-state index contributed by atoms with van der Waals surface area (Å²) in [5, 5.41) is 9.01. The summed E-state index contributed by atoms with van der Waals surface area (Å²) in [5.41, 5.74) is 0.536. The number of carbonyl (C=O) groups is 2. The van der Waals surface area contributed by atoms with E-state index in [2.05, 4.69) is 6.58 Å². The van der Waals surface area contributed by atoms with Crippen LogP contribution in [-0.2, 0) is 14.3 Å². The molecule has 0 aliphatic heterocycles. The number of esters is 1. The second-order valence-corrected chi connectivity index (χ2v) is 3.73. The number of ether oxygens (including phenoxy) is 1. The Labute approximate surface area is 94.6 Å². The number of allylic oxidation sites excluding steroid dienone is 1. The van der Waals surface area contributed by atoms with Crippen LogP contribution < -0.4 is 0 Å². The fraction of sp³-hybridized carbons (Fsp3) is 0.500. The van der Waals surface area contributed by atoms with Crippen molar-refractivity contribution in [2.75, 3.05) is 6.61 Å². The lowest BCUT2D eigenvalue weighted by Crippen LogP contribution is -2.19. The molecule has 0 atom stereocenters. The van der Waals surface area contributed by atoms with E-state index in [1.807, 2.05) is 0 Å². The topological polar surface area (TPSA) is 63.6 Å². The minimum atomic E-state index is -1.19. The van der Waals surface area contributed by atoms with Crippen LogP contribution >= 0.6 is 0 Å². The monoisotopic (exact) mass is 224 g/mol. The van der Waals surface area contributed by atoms with E-state index in [0.717, 1.165) is 19.3 Å². The third-order valence-corrected chi connectivity index (χ3v) is 2.56. The molecule has 0 heterocycles. The predicted octanol–water partition coefficient (Wildman–Crippen LogP) is 2.06. The molecule has 0 bridgehead atoms. The first-order valence-corrected chi connectivity index (χ1v) is 5.40. The molecule has 0 unspecified atom stereocenters. The van der Waals surface area contributed by atoms with E-state index in [9.17, 15) is 9.59 Å². The highest BCUT2D eigenvalue weighted by Gasteiger charge is 2.24. The normalized spacial score (nSPS) is 15.4. The average Bonchev–Trinajstić information content (AvgIpc) is 2.27. The van der Waals surface area contributed by atoms with Crippen molar-refractivity contribution in [3.8, 4) is 0 Å². The van der Waals surface area contributed by atoms with Crippen molar-refractivity contribution >= 4 is 11.9 Å². The zero-order chi connectivity index (χ0) is 12.0. The molecule has 0 aromatic rings. The molecular weight excluding hydrogens is 208 g/mol. The van der Waals surface area contributed by atoms with Gasteiger partial charge in [-0.2, -0.15) is 0 Å². The maximum absolute atomic E-state index is 11.5.